The number of esters is 1. The Labute approximate surface area is 91.1 Å². The number of fused-ring (bicyclic) bond motifs is 1. The number of nitrogens with zero attached hydrogens (tertiary/aromatic N) is 1. The third kappa shape index (κ3) is 2.33. The fourth-order valence-corrected chi connectivity index (χ4v) is 2.90. The standard InChI is InChI=1S/C12H19NO2/c1-15-12(14)7-9-13-8-3-5-10-4-2-6-11(10)13/h7,9-11H,2-6,8H2,1H3. The van der Waals surface area contributed by atoms with Crippen LogP contribution in [0.4, 0.5) is 0 Å². The van der Waals surface area contributed by atoms with Crippen molar-refractivity contribution in [3.63, 3.8) is 0 Å². The lowest BCUT2D eigenvalue weighted by atomic mass is 9.92. The van der Waals surface area contributed by atoms with Crippen LogP contribution < -0.4 is 0 Å². The molecule has 0 amide bonds. The van der Waals surface area contributed by atoms with E-state index < -0.39 is 0 Å². The summed E-state index contributed by atoms with van der Waals surface area (Å²) in [6.07, 6.45) is 10.1. The number of likely N-dealkylation sites (tertiary alicyclic amines) is 1. The van der Waals surface area contributed by atoms with Crippen molar-refractivity contribution in [2.24, 2.45) is 5.92 Å². The number of carbonyl (C=O) groups is 1. The molecule has 2 aliphatic rings. The Balaban J connectivity index is 1.96. The monoisotopic (exact) mass is 209 g/mol. The molecule has 0 bridgehead atoms. The number of carbonyl (C=O) groups excluding carboxylic acids is 1. The van der Waals surface area contributed by atoms with E-state index in [0.29, 0.717) is 6.04 Å². The van der Waals surface area contributed by atoms with Crippen molar-refractivity contribution >= 4 is 5.97 Å². The molecule has 1 aliphatic heterocycles. The molecule has 3 nitrogen and oxygen atoms in total. The highest BCUT2D eigenvalue weighted by Gasteiger charge is 2.33. The second-order valence-electron chi connectivity index (χ2n) is 4.48. The average molecular weight is 209 g/mol. The Morgan fingerprint density at radius 3 is 2.93 bits per heavy atom. The number of piperidine rings is 1. The topological polar surface area (TPSA) is 29.5 Å². The Morgan fingerprint density at radius 2 is 2.13 bits per heavy atom. The molecule has 15 heavy (non-hydrogen) atoms. The van der Waals surface area contributed by atoms with Crippen molar-refractivity contribution in [3.05, 3.63) is 12.3 Å². The van der Waals surface area contributed by atoms with Gasteiger partial charge in [0, 0.05) is 24.9 Å². The third-order valence-corrected chi connectivity index (χ3v) is 3.64. The molecule has 2 atom stereocenters. The second kappa shape index (κ2) is 4.69. The summed E-state index contributed by atoms with van der Waals surface area (Å²) < 4.78 is 4.60. The predicted molar refractivity (Wildman–Crippen MR) is 58.2 cm³/mol. The number of methoxy groups -OCH3 is 1. The van der Waals surface area contributed by atoms with Crippen LogP contribution in [-0.4, -0.2) is 30.6 Å². The summed E-state index contributed by atoms with van der Waals surface area (Å²) in [5.41, 5.74) is 0. The van der Waals surface area contributed by atoms with E-state index in [0.717, 1.165) is 12.5 Å². The minimum atomic E-state index is -0.255. The van der Waals surface area contributed by atoms with E-state index >= 15 is 0 Å². The van der Waals surface area contributed by atoms with Gasteiger partial charge >= 0.3 is 5.97 Å². The fourth-order valence-electron chi connectivity index (χ4n) is 2.90. The lowest BCUT2D eigenvalue weighted by molar-refractivity contribution is -0.134. The van der Waals surface area contributed by atoms with Crippen LogP contribution >= 0.6 is 0 Å². The summed E-state index contributed by atoms with van der Waals surface area (Å²) in [5, 5.41) is 0. The summed E-state index contributed by atoms with van der Waals surface area (Å²) in [5.74, 6) is 0.608. The molecule has 2 unspecified atom stereocenters. The lowest BCUT2D eigenvalue weighted by Gasteiger charge is -2.36. The van der Waals surface area contributed by atoms with Gasteiger partial charge in [-0.1, -0.05) is 6.42 Å². The van der Waals surface area contributed by atoms with Crippen molar-refractivity contribution in [3.8, 4) is 0 Å². The molecule has 2 rings (SSSR count). The molecule has 84 valence electrons. The Morgan fingerprint density at radius 1 is 1.33 bits per heavy atom. The van der Waals surface area contributed by atoms with E-state index in [-0.39, 0.29) is 5.97 Å². The van der Waals surface area contributed by atoms with Crippen LogP contribution in [0, 0.1) is 5.92 Å². The minimum absolute atomic E-state index is 0.255. The van der Waals surface area contributed by atoms with Crippen LogP contribution in [0.25, 0.3) is 0 Å². The van der Waals surface area contributed by atoms with Crippen LogP contribution in [-0.2, 0) is 9.53 Å². The van der Waals surface area contributed by atoms with Gasteiger partial charge in [-0.2, -0.15) is 0 Å². The van der Waals surface area contributed by atoms with Crippen LogP contribution in [0.3, 0.4) is 0 Å². The number of ether oxygens (including phenoxy) is 1. The van der Waals surface area contributed by atoms with E-state index in [4.69, 9.17) is 0 Å². The molecule has 1 saturated heterocycles. The maximum atomic E-state index is 11.0. The molecule has 0 aromatic heterocycles. The maximum Gasteiger partial charge on any atom is 0.331 e. The number of rotatable bonds is 2. The zero-order valence-corrected chi connectivity index (χ0v) is 9.32. The van der Waals surface area contributed by atoms with Gasteiger partial charge in [0.15, 0.2) is 0 Å². The molecular weight excluding hydrogens is 190 g/mol. The molecular formula is C12H19NO2. The molecule has 0 N–H and O–H groups in total. The molecule has 1 saturated carbocycles. The molecule has 0 spiro atoms. The van der Waals surface area contributed by atoms with Gasteiger partial charge in [0.2, 0.25) is 0 Å². The van der Waals surface area contributed by atoms with Crippen molar-refractivity contribution in [1.82, 2.24) is 4.90 Å². The van der Waals surface area contributed by atoms with Gasteiger partial charge < -0.3 is 9.64 Å². The zero-order valence-electron chi connectivity index (χ0n) is 9.32. The highest BCUT2D eigenvalue weighted by atomic mass is 16.5. The first-order valence-corrected chi connectivity index (χ1v) is 5.83. The van der Waals surface area contributed by atoms with Gasteiger partial charge in [-0.05, 0) is 31.6 Å². The molecule has 0 radical (unpaired) electrons. The molecule has 3 heteroatoms. The first-order chi connectivity index (χ1) is 7.31. The van der Waals surface area contributed by atoms with Crippen molar-refractivity contribution in [2.45, 2.75) is 38.1 Å². The van der Waals surface area contributed by atoms with Gasteiger partial charge in [0.1, 0.15) is 0 Å². The molecule has 2 fully saturated rings. The van der Waals surface area contributed by atoms with Crippen LogP contribution in [0.5, 0.6) is 0 Å². The highest BCUT2D eigenvalue weighted by molar-refractivity contribution is 5.81. The molecule has 0 aromatic carbocycles. The minimum Gasteiger partial charge on any atom is -0.466 e. The van der Waals surface area contributed by atoms with E-state index in [2.05, 4.69) is 9.64 Å². The Kier molecular flexibility index (Phi) is 3.29. The third-order valence-electron chi connectivity index (χ3n) is 3.64. The quantitative estimate of drug-likeness (QED) is 0.514. The highest BCUT2D eigenvalue weighted by Crippen LogP contribution is 2.36. The van der Waals surface area contributed by atoms with Crippen molar-refractivity contribution < 1.29 is 9.53 Å². The summed E-state index contributed by atoms with van der Waals surface area (Å²) in [7, 11) is 1.42. The fraction of sp³-hybridized carbons (Fsp3) is 0.750. The van der Waals surface area contributed by atoms with E-state index in [9.17, 15) is 4.79 Å². The van der Waals surface area contributed by atoms with Gasteiger partial charge in [0.05, 0.1) is 7.11 Å². The zero-order chi connectivity index (χ0) is 10.7. The molecule has 0 aromatic rings. The molecule has 1 aliphatic carbocycles. The first kappa shape index (κ1) is 10.5. The predicted octanol–water partition coefficient (Wildman–Crippen LogP) is 1.94. The Hall–Kier alpha value is -0.990. The van der Waals surface area contributed by atoms with Gasteiger partial charge in [-0.3, -0.25) is 0 Å². The van der Waals surface area contributed by atoms with Crippen molar-refractivity contribution in [2.75, 3.05) is 13.7 Å². The maximum absolute atomic E-state index is 11.0. The second-order valence-corrected chi connectivity index (χ2v) is 4.48. The van der Waals surface area contributed by atoms with E-state index in [1.165, 1.54) is 39.2 Å². The van der Waals surface area contributed by atoms with Crippen LogP contribution in [0.15, 0.2) is 12.3 Å². The van der Waals surface area contributed by atoms with Gasteiger partial charge in [-0.25, -0.2) is 4.79 Å². The normalized spacial score (nSPS) is 30.6. The smallest absolute Gasteiger partial charge is 0.331 e. The number of hydrogen-bond donors (Lipinski definition) is 0. The van der Waals surface area contributed by atoms with Gasteiger partial charge in [-0.15, -0.1) is 0 Å². The average Bonchev–Trinajstić information content (AvgIpc) is 2.74. The van der Waals surface area contributed by atoms with Crippen LogP contribution in [0.1, 0.15) is 32.1 Å². The van der Waals surface area contributed by atoms with E-state index in [1.54, 1.807) is 6.08 Å². The van der Waals surface area contributed by atoms with Gasteiger partial charge in [0.25, 0.3) is 0 Å². The van der Waals surface area contributed by atoms with Crippen molar-refractivity contribution in [1.29, 1.82) is 0 Å². The summed E-state index contributed by atoms with van der Waals surface area (Å²) in [4.78, 5) is 13.3. The SMILES string of the molecule is COC(=O)C=CN1CCCC2CCCC21. The van der Waals surface area contributed by atoms with Crippen LogP contribution in [0.2, 0.25) is 0 Å². The summed E-state index contributed by atoms with van der Waals surface area (Å²) >= 11 is 0. The summed E-state index contributed by atoms with van der Waals surface area (Å²) in [6.45, 7) is 1.09. The Bertz CT molecular complexity index is 262. The first-order valence-electron chi connectivity index (χ1n) is 5.83. The molecule has 1 heterocycles. The largest absolute Gasteiger partial charge is 0.466 e. The van der Waals surface area contributed by atoms with E-state index in [1.807, 2.05) is 6.20 Å². The summed E-state index contributed by atoms with van der Waals surface area (Å²) in [6, 6.07) is 0.680. The number of hydrogen-bond acceptors (Lipinski definition) is 3. The lowest BCUT2D eigenvalue weighted by Crippen LogP contribution is -2.38.